The number of aromatic nitrogens is 4. The van der Waals surface area contributed by atoms with Gasteiger partial charge in [0, 0.05) is 17.8 Å². The van der Waals surface area contributed by atoms with E-state index in [2.05, 4.69) is 15.3 Å². The van der Waals surface area contributed by atoms with Crippen LogP contribution in [0.25, 0.3) is 33.3 Å². The van der Waals surface area contributed by atoms with Gasteiger partial charge in [-0.05, 0) is 55.5 Å². The van der Waals surface area contributed by atoms with Crippen LogP contribution < -0.4 is 16.6 Å². The van der Waals surface area contributed by atoms with E-state index in [-0.39, 0.29) is 24.6 Å². The van der Waals surface area contributed by atoms with Gasteiger partial charge in [-0.25, -0.2) is 9.78 Å². The molecule has 8 heteroatoms. The summed E-state index contributed by atoms with van der Waals surface area (Å²) >= 11 is 0. The normalized spacial score (nSPS) is 11.2. The minimum atomic E-state index is -0.503. The number of imidazole rings is 1. The molecule has 3 aromatic carbocycles. The highest BCUT2D eigenvalue weighted by Crippen LogP contribution is 2.22. The van der Waals surface area contributed by atoms with Gasteiger partial charge in [-0.3, -0.25) is 18.7 Å². The predicted octanol–water partition coefficient (Wildman–Crippen LogP) is 3.37. The molecule has 2 heterocycles. The molecule has 5 aromatic rings. The first kappa shape index (κ1) is 20.4. The van der Waals surface area contributed by atoms with Gasteiger partial charge < -0.3 is 10.3 Å². The molecule has 33 heavy (non-hydrogen) atoms. The summed E-state index contributed by atoms with van der Waals surface area (Å²) in [6.45, 7) is 1.75. The summed E-state index contributed by atoms with van der Waals surface area (Å²) in [7, 11) is 0. The van der Waals surface area contributed by atoms with Crippen molar-refractivity contribution in [3.8, 4) is 11.4 Å². The number of aromatic amines is 1. The Kier molecular flexibility index (Phi) is 5.10. The number of anilines is 1. The van der Waals surface area contributed by atoms with Gasteiger partial charge in [0.15, 0.2) is 0 Å². The van der Waals surface area contributed by atoms with E-state index >= 15 is 0 Å². The molecular weight excluding hydrogens is 418 g/mol. The standard InChI is InChI=1S/C25H21N5O3/c1-2-29-24(32)18-7-3-6-10-21(18)30(25(29)33)15-22(31)26-17-13-11-16(12-14-17)23-27-19-8-4-5-9-20(19)28-23/h3-14H,2,15H2,1H3,(H,26,31)(H,27,28). The van der Waals surface area contributed by atoms with Gasteiger partial charge in [-0.1, -0.05) is 24.3 Å². The Hall–Kier alpha value is -4.46. The van der Waals surface area contributed by atoms with Crippen molar-refractivity contribution in [2.45, 2.75) is 20.0 Å². The zero-order chi connectivity index (χ0) is 22.9. The Labute approximate surface area is 188 Å². The maximum Gasteiger partial charge on any atom is 0.331 e. The second kappa shape index (κ2) is 8.23. The summed E-state index contributed by atoms with van der Waals surface area (Å²) in [5.41, 5.74) is 2.91. The van der Waals surface area contributed by atoms with E-state index in [1.54, 1.807) is 43.3 Å². The van der Waals surface area contributed by atoms with Crippen molar-refractivity contribution in [1.82, 2.24) is 19.1 Å². The zero-order valence-corrected chi connectivity index (χ0v) is 17.9. The summed E-state index contributed by atoms with van der Waals surface area (Å²) < 4.78 is 2.47. The van der Waals surface area contributed by atoms with Crippen LogP contribution in [-0.4, -0.2) is 25.0 Å². The molecule has 2 N–H and O–H groups in total. The van der Waals surface area contributed by atoms with Gasteiger partial charge in [0.2, 0.25) is 5.91 Å². The first-order valence-electron chi connectivity index (χ1n) is 10.6. The van der Waals surface area contributed by atoms with Crippen LogP contribution in [0.15, 0.2) is 82.4 Å². The fourth-order valence-corrected chi connectivity index (χ4v) is 3.95. The molecule has 0 radical (unpaired) electrons. The molecular formula is C25H21N5O3. The average molecular weight is 439 g/mol. The molecule has 5 rings (SSSR count). The Morgan fingerprint density at radius 1 is 0.939 bits per heavy atom. The first-order chi connectivity index (χ1) is 16.0. The van der Waals surface area contributed by atoms with Gasteiger partial charge in [0.1, 0.15) is 12.4 Å². The Morgan fingerprint density at radius 3 is 2.42 bits per heavy atom. The van der Waals surface area contributed by atoms with Crippen molar-refractivity contribution in [1.29, 1.82) is 0 Å². The number of fused-ring (bicyclic) bond motifs is 2. The smallest absolute Gasteiger partial charge is 0.331 e. The van der Waals surface area contributed by atoms with Crippen LogP contribution in [0.5, 0.6) is 0 Å². The van der Waals surface area contributed by atoms with Crippen molar-refractivity contribution >= 4 is 33.5 Å². The third kappa shape index (κ3) is 3.71. The molecule has 0 aliphatic heterocycles. The fraction of sp³-hybridized carbons (Fsp3) is 0.120. The molecule has 0 atom stereocenters. The topological polar surface area (TPSA) is 102 Å². The second-order valence-electron chi connectivity index (χ2n) is 7.66. The lowest BCUT2D eigenvalue weighted by atomic mass is 10.2. The van der Waals surface area contributed by atoms with Crippen LogP contribution in [0, 0.1) is 0 Å². The number of amides is 1. The third-order valence-electron chi connectivity index (χ3n) is 5.58. The maximum atomic E-state index is 12.8. The van der Waals surface area contributed by atoms with E-state index in [9.17, 15) is 14.4 Å². The molecule has 0 aliphatic rings. The van der Waals surface area contributed by atoms with Crippen LogP contribution in [0.2, 0.25) is 0 Å². The summed E-state index contributed by atoms with van der Waals surface area (Å²) in [4.78, 5) is 46.0. The Bertz CT molecular complexity index is 1580. The lowest BCUT2D eigenvalue weighted by Gasteiger charge is -2.13. The number of carbonyl (C=O) groups is 1. The van der Waals surface area contributed by atoms with E-state index in [0.29, 0.717) is 16.6 Å². The number of para-hydroxylation sites is 3. The number of H-pyrrole nitrogens is 1. The molecule has 2 aromatic heterocycles. The number of hydrogen-bond donors (Lipinski definition) is 2. The molecule has 164 valence electrons. The van der Waals surface area contributed by atoms with Crippen molar-refractivity contribution in [3.05, 3.63) is 93.6 Å². The minimum Gasteiger partial charge on any atom is -0.338 e. The SMILES string of the molecule is CCn1c(=O)c2ccccc2n(CC(=O)Nc2ccc(-c3nc4ccccc4[nH]3)cc2)c1=O. The molecule has 0 bridgehead atoms. The minimum absolute atomic E-state index is 0.203. The van der Waals surface area contributed by atoms with Crippen LogP contribution in [0.3, 0.4) is 0 Å². The average Bonchev–Trinajstić information content (AvgIpc) is 3.27. The third-order valence-corrected chi connectivity index (χ3v) is 5.58. The fourth-order valence-electron chi connectivity index (χ4n) is 3.95. The second-order valence-corrected chi connectivity index (χ2v) is 7.66. The van der Waals surface area contributed by atoms with E-state index in [1.807, 2.05) is 36.4 Å². The number of nitrogens with zero attached hydrogens (tertiary/aromatic N) is 3. The van der Waals surface area contributed by atoms with Crippen LogP contribution in [0.4, 0.5) is 5.69 Å². The van der Waals surface area contributed by atoms with E-state index in [1.165, 1.54) is 4.57 Å². The van der Waals surface area contributed by atoms with Gasteiger partial charge in [0.25, 0.3) is 5.56 Å². The summed E-state index contributed by atoms with van der Waals surface area (Å²) in [5, 5.41) is 3.23. The van der Waals surface area contributed by atoms with Gasteiger partial charge >= 0.3 is 5.69 Å². The van der Waals surface area contributed by atoms with Crippen molar-refractivity contribution < 1.29 is 4.79 Å². The maximum absolute atomic E-state index is 12.8. The van der Waals surface area contributed by atoms with Gasteiger partial charge in [-0.15, -0.1) is 0 Å². The Balaban J connectivity index is 1.39. The summed E-state index contributed by atoms with van der Waals surface area (Å²) in [5.74, 6) is 0.383. The molecule has 0 unspecified atom stereocenters. The molecule has 0 saturated carbocycles. The zero-order valence-electron chi connectivity index (χ0n) is 17.9. The highest BCUT2D eigenvalue weighted by atomic mass is 16.2. The molecule has 8 nitrogen and oxygen atoms in total. The van der Waals surface area contributed by atoms with Crippen LogP contribution in [-0.2, 0) is 17.9 Å². The summed E-state index contributed by atoms with van der Waals surface area (Å²) in [6, 6.07) is 21.9. The molecule has 0 spiro atoms. The highest BCUT2D eigenvalue weighted by molar-refractivity contribution is 5.92. The molecule has 0 saturated heterocycles. The number of nitrogens with one attached hydrogen (secondary N) is 2. The van der Waals surface area contributed by atoms with Gasteiger partial charge in [-0.2, -0.15) is 0 Å². The van der Waals surface area contributed by atoms with Crippen molar-refractivity contribution in [2.75, 3.05) is 5.32 Å². The summed E-state index contributed by atoms with van der Waals surface area (Å²) in [6.07, 6.45) is 0. The van der Waals surface area contributed by atoms with Crippen LogP contribution in [0.1, 0.15) is 6.92 Å². The van der Waals surface area contributed by atoms with E-state index in [0.717, 1.165) is 27.0 Å². The van der Waals surface area contributed by atoms with Crippen molar-refractivity contribution in [2.24, 2.45) is 0 Å². The monoisotopic (exact) mass is 439 g/mol. The predicted molar refractivity (Wildman–Crippen MR) is 128 cm³/mol. The number of hydrogen-bond acceptors (Lipinski definition) is 4. The van der Waals surface area contributed by atoms with Crippen molar-refractivity contribution in [3.63, 3.8) is 0 Å². The van der Waals surface area contributed by atoms with Gasteiger partial charge in [0.05, 0.1) is 21.9 Å². The quantitative estimate of drug-likeness (QED) is 0.438. The molecule has 0 aliphatic carbocycles. The van der Waals surface area contributed by atoms with Crippen LogP contribution >= 0.6 is 0 Å². The largest absolute Gasteiger partial charge is 0.338 e. The first-order valence-corrected chi connectivity index (χ1v) is 10.6. The number of rotatable bonds is 5. The number of carbonyl (C=O) groups excluding carboxylic acids is 1. The molecule has 1 amide bonds. The highest BCUT2D eigenvalue weighted by Gasteiger charge is 2.14. The van der Waals surface area contributed by atoms with E-state index < -0.39 is 5.69 Å². The molecule has 0 fully saturated rings. The lowest BCUT2D eigenvalue weighted by Crippen LogP contribution is -2.41. The lowest BCUT2D eigenvalue weighted by molar-refractivity contribution is -0.116. The van der Waals surface area contributed by atoms with E-state index in [4.69, 9.17) is 0 Å². The Morgan fingerprint density at radius 2 is 1.67 bits per heavy atom. The number of benzene rings is 3.